The van der Waals surface area contributed by atoms with Crippen LogP contribution in [0, 0.1) is 0 Å². The SMILES string of the molecule is C=C(C)C(=O)OC(C)COc1cc2ccccc2c(OCC(C)OC(=O)C(=C)C)c1C1(c2c(OCC(C)OC(=O)C(=C)C)cc3ccccc3c2OCC(C)OC(=O)C(=C)C)c2ccccc2-c2ccccc21. The molecule has 0 amide bonds. The van der Waals surface area contributed by atoms with Crippen LogP contribution in [-0.4, -0.2) is 74.7 Å². The van der Waals surface area contributed by atoms with Gasteiger partial charge >= 0.3 is 23.9 Å². The van der Waals surface area contributed by atoms with Crippen LogP contribution in [0.4, 0.5) is 0 Å². The third-order valence-corrected chi connectivity index (χ3v) is 12.1. The average Bonchev–Trinajstić information content (AvgIpc) is 3.65. The minimum absolute atomic E-state index is 0.0998. The summed E-state index contributed by atoms with van der Waals surface area (Å²) in [5, 5.41) is 2.88. The monoisotopic (exact) mass is 986 g/mol. The van der Waals surface area contributed by atoms with Crippen molar-refractivity contribution in [3.05, 3.63) is 180 Å². The molecule has 0 saturated carbocycles. The number of carbonyl (C=O) groups is 4. The van der Waals surface area contributed by atoms with E-state index in [-0.39, 0.29) is 48.7 Å². The Morgan fingerprint density at radius 2 is 0.712 bits per heavy atom. The topological polar surface area (TPSA) is 142 Å². The van der Waals surface area contributed by atoms with Gasteiger partial charge < -0.3 is 37.9 Å². The maximum Gasteiger partial charge on any atom is 0.333 e. The molecule has 0 heterocycles. The van der Waals surface area contributed by atoms with Crippen molar-refractivity contribution in [2.75, 3.05) is 26.4 Å². The van der Waals surface area contributed by atoms with Gasteiger partial charge in [0.1, 0.15) is 73.8 Å². The number of carbonyl (C=O) groups excluding carboxylic acids is 4. The van der Waals surface area contributed by atoms with Crippen molar-refractivity contribution in [3.63, 3.8) is 0 Å². The Bertz CT molecular complexity index is 2950. The van der Waals surface area contributed by atoms with E-state index in [0.29, 0.717) is 44.9 Å². The summed E-state index contributed by atoms with van der Waals surface area (Å²) in [7, 11) is 0. The summed E-state index contributed by atoms with van der Waals surface area (Å²) in [4.78, 5) is 51.7. The van der Waals surface area contributed by atoms with E-state index >= 15 is 0 Å². The lowest BCUT2D eigenvalue weighted by Crippen LogP contribution is -2.34. The van der Waals surface area contributed by atoms with Crippen LogP contribution in [0.25, 0.3) is 32.7 Å². The predicted molar refractivity (Wildman–Crippen MR) is 282 cm³/mol. The van der Waals surface area contributed by atoms with Crippen LogP contribution in [0.5, 0.6) is 23.0 Å². The molecular weight excluding hydrogens is 925 g/mol. The van der Waals surface area contributed by atoms with Gasteiger partial charge in [-0.3, -0.25) is 0 Å². The zero-order chi connectivity index (χ0) is 52.7. The largest absolute Gasteiger partial charge is 0.489 e. The second-order valence-corrected chi connectivity index (χ2v) is 18.7. The molecule has 0 saturated heterocycles. The van der Waals surface area contributed by atoms with E-state index in [1.165, 1.54) is 0 Å². The second kappa shape index (κ2) is 22.5. The molecule has 73 heavy (non-hydrogen) atoms. The van der Waals surface area contributed by atoms with Crippen LogP contribution >= 0.6 is 0 Å². The van der Waals surface area contributed by atoms with Crippen molar-refractivity contribution in [2.24, 2.45) is 0 Å². The number of hydrogen-bond donors (Lipinski definition) is 0. The van der Waals surface area contributed by atoms with E-state index in [1.807, 2.05) is 97.1 Å². The molecule has 378 valence electrons. The fourth-order valence-corrected chi connectivity index (χ4v) is 8.80. The van der Waals surface area contributed by atoms with E-state index < -0.39 is 53.7 Å². The third-order valence-electron chi connectivity index (χ3n) is 12.1. The maximum absolute atomic E-state index is 12.9. The molecule has 12 heteroatoms. The average molecular weight is 987 g/mol. The lowest BCUT2D eigenvalue weighted by Gasteiger charge is -2.39. The van der Waals surface area contributed by atoms with Gasteiger partial charge in [-0.1, -0.05) is 123 Å². The highest BCUT2D eigenvalue weighted by Gasteiger charge is 2.53. The molecule has 0 spiro atoms. The molecule has 0 aromatic heterocycles. The zero-order valence-corrected chi connectivity index (χ0v) is 42.8. The lowest BCUT2D eigenvalue weighted by molar-refractivity contribution is -0.145. The number of fused-ring (bicyclic) bond motifs is 5. The lowest BCUT2D eigenvalue weighted by atomic mass is 9.65. The van der Waals surface area contributed by atoms with Gasteiger partial charge in [-0.2, -0.15) is 0 Å². The van der Waals surface area contributed by atoms with Crippen molar-refractivity contribution in [2.45, 2.75) is 85.2 Å². The van der Waals surface area contributed by atoms with E-state index in [4.69, 9.17) is 37.9 Å². The van der Waals surface area contributed by atoms with Gasteiger partial charge in [-0.15, -0.1) is 0 Å². The molecule has 4 atom stereocenters. The fourth-order valence-electron chi connectivity index (χ4n) is 8.80. The van der Waals surface area contributed by atoms with Crippen LogP contribution in [0.15, 0.2) is 158 Å². The van der Waals surface area contributed by atoms with Crippen molar-refractivity contribution >= 4 is 45.4 Å². The van der Waals surface area contributed by atoms with E-state index in [9.17, 15) is 19.2 Å². The fraction of sp³-hybridized carbons (Fsp3) is 0.279. The third kappa shape index (κ3) is 11.2. The highest BCUT2D eigenvalue weighted by Crippen LogP contribution is 2.65. The Morgan fingerprint density at radius 1 is 0.425 bits per heavy atom. The number of esters is 4. The first-order chi connectivity index (χ1) is 34.8. The Labute approximate surface area is 426 Å². The Balaban J connectivity index is 1.64. The van der Waals surface area contributed by atoms with Crippen molar-refractivity contribution < 1.29 is 57.1 Å². The molecule has 0 N–H and O–H groups in total. The molecular formula is C61H62O12. The first kappa shape index (κ1) is 52.7. The normalized spacial score (nSPS) is 13.8. The van der Waals surface area contributed by atoms with Crippen molar-refractivity contribution in [3.8, 4) is 34.1 Å². The molecule has 0 bridgehead atoms. The molecule has 0 fully saturated rings. The molecule has 6 aromatic rings. The maximum atomic E-state index is 12.9. The molecule has 0 radical (unpaired) electrons. The molecule has 12 nitrogen and oxygen atoms in total. The smallest absolute Gasteiger partial charge is 0.333 e. The molecule has 1 aliphatic rings. The summed E-state index contributed by atoms with van der Waals surface area (Å²) in [6, 6.07) is 35.3. The van der Waals surface area contributed by atoms with Gasteiger partial charge in [0.15, 0.2) is 0 Å². The summed E-state index contributed by atoms with van der Waals surface area (Å²) >= 11 is 0. The zero-order valence-electron chi connectivity index (χ0n) is 42.8. The van der Waals surface area contributed by atoms with E-state index in [2.05, 4.69) is 38.4 Å². The van der Waals surface area contributed by atoms with Crippen LogP contribution < -0.4 is 18.9 Å². The number of rotatable bonds is 22. The summed E-state index contributed by atoms with van der Waals surface area (Å²) < 4.78 is 51.5. The predicted octanol–water partition coefficient (Wildman–Crippen LogP) is 11.9. The highest BCUT2D eigenvalue weighted by atomic mass is 16.6. The van der Waals surface area contributed by atoms with Crippen LogP contribution in [-0.2, 0) is 43.5 Å². The summed E-state index contributed by atoms with van der Waals surface area (Å²) in [6.07, 6.45) is -3.02. The van der Waals surface area contributed by atoms with Gasteiger partial charge in [0, 0.05) is 33.1 Å². The van der Waals surface area contributed by atoms with Gasteiger partial charge in [0.05, 0.1) is 16.5 Å². The Kier molecular flexibility index (Phi) is 16.3. The molecule has 7 rings (SSSR count). The van der Waals surface area contributed by atoms with Crippen LogP contribution in [0.2, 0.25) is 0 Å². The van der Waals surface area contributed by atoms with Gasteiger partial charge in [0.25, 0.3) is 0 Å². The van der Waals surface area contributed by atoms with Gasteiger partial charge in [0.2, 0.25) is 0 Å². The van der Waals surface area contributed by atoms with Crippen molar-refractivity contribution in [1.29, 1.82) is 0 Å². The number of ether oxygens (including phenoxy) is 8. The van der Waals surface area contributed by atoms with E-state index in [0.717, 1.165) is 33.0 Å². The highest BCUT2D eigenvalue weighted by molar-refractivity contribution is 6.00. The molecule has 4 unspecified atom stereocenters. The van der Waals surface area contributed by atoms with Crippen molar-refractivity contribution in [1.82, 2.24) is 0 Å². The van der Waals surface area contributed by atoms with Gasteiger partial charge in [-0.05, 0) is 101 Å². The summed E-state index contributed by atoms with van der Waals surface area (Å²) in [5.41, 5.74) is 3.80. The summed E-state index contributed by atoms with van der Waals surface area (Å²) in [6.45, 7) is 27.9. The molecule has 1 aliphatic carbocycles. The van der Waals surface area contributed by atoms with E-state index in [1.54, 1.807) is 55.4 Å². The summed E-state index contributed by atoms with van der Waals surface area (Å²) in [5.74, 6) is -0.832. The Hall–Kier alpha value is -8.12. The first-order valence-electron chi connectivity index (χ1n) is 24.1. The number of benzene rings is 6. The minimum atomic E-state index is -1.50. The standard InChI is InChI=1S/C61H62O12/c1-35(2)57(62)70-39(9)31-66-51-29-43-21-13-15-23-45(43)55(68-33-41(11)72-59(64)37(5)6)53(51)61(49-27-19-17-25-47(49)48-26-18-20-28-50(48)61)54-52(67-32-40(10)71-58(63)36(3)4)30-44-22-14-16-24-46(44)56(54)69-34-42(12)73-60(65)38(7)8/h13-30,39-42H,1,3,5,7,31-34H2,2,4,6,8-12H3. The number of hydrogen-bond acceptors (Lipinski definition) is 12. The minimum Gasteiger partial charge on any atom is -0.489 e. The quantitative estimate of drug-likeness (QED) is 0.0362. The van der Waals surface area contributed by atoms with Crippen LogP contribution in [0.1, 0.15) is 77.6 Å². The molecule has 6 aromatic carbocycles. The van der Waals surface area contributed by atoms with Crippen LogP contribution in [0.3, 0.4) is 0 Å². The van der Waals surface area contributed by atoms with Gasteiger partial charge in [-0.25, -0.2) is 19.2 Å². The Morgan fingerprint density at radius 3 is 1.04 bits per heavy atom. The second-order valence-electron chi connectivity index (χ2n) is 18.7. The first-order valence-corrected chi connectivity index (χ1v) is 24.1. The molecule has 0 aliphatic heterocycles.